The fourth-order valence-electron chi connectivity index (χ4n) is 3.66. The lowest BCUT2D eigenvalue weighted by Gasteiger charge is -2.29. The van der Waals surface area contributed by atoms with Crippen LogP contribution in [0.25, 0.3) is 0 Å². The number of allylic oxidation sites excluding steroid dienone is 1. The number of halogens is 3. The molecule has 128 valence electrons. The van der Waals surface area contributed by atoms with E-state index in [1.54, 1.807) is 12.1 Å². The van der Waals surface area contributed by atoms with Crippen LogP contribution in [0, 0.1) is 17.6 Å². The normalized spacial score (nSPS) is 21.9. The second-order valence-electron chi connectivity index (χ2n) is 6.74. The first-order valence-electron chi connectivity index (χ1n) is 8.91. The molecule has 0 radical (unpaired) electrons. The first kappa shape index (κ1) is 18.1. The van der Waals surface area contributed by atoms with Crippen molar-refractivity contribution in [2.24, 2.45) is 5.92 Å². The summed E-state index contributed by atoms with van der Waals surface area (Å²) >= 11 is 0. The van der Waals surface area contributed by atoms with Crippen molar-refractivity contribution in [1.29, 1.82) is 0 Å². The highest BCUT2D eigenvalue weighted by Crippen LogP contribution is 2.38. The van der Waals surface area contributed by atoms with Gasteiger partial charge in [-0.2, -0.15) is 0 Å². The van der Waals surface area contributed by atoms with Gasteiger partial charge in [0.15, 0.2) is 11.6 Å². The molecule has 0 aliphatic heterocycles. The number of rotatable bonds is 8. The lowest BCUT2D eigenvalue weighted by atomic mass is 9.77. The first-order chi connectivity index (χ1) is 11.2. The maximum Gasteiger partial charge on any atom is 0.159 e. The zero-order valence-corrected chi connectivity index (χ0v) is 13.7. The van der Waals surface area contributed by atoms with Gasteiger partial charge in [0.25, 0.3) is 0 Å². The predicted molar refractivity (Wildman–Crippen MR) is 89.0 cm³/mol. The Kier molecular flexibility index (Phi) is 7.70. The molecule has 0 spiro atoms. The predicted octanol–water partition coefficient (Wildman–Crippen LogP) is 7.06. The van der Waals surface area contributed by atoms with Crippen molar-refractivity contribution in [3.8, 4) is 0 Å². The number of hydrogen-bond donors (Lipinski definition) is 0. The highest BCUT2D eigenvalue weighted by molar-refractivity contribution is 5.22. The fourth-order valence-corrected chi connectivity index (χ4v) is 3.66. The van der Waals surface area contributed by atoms with Crippen LogP contribution in [-0.4, -0.2) is 0 Å². The molecule has 0 unspecified atom stereocenters. The molecule has 1 aliphatic rings. The van der Waals surface area contributed by atoms with Crippen LogP contribution in [0.5, 0.6) is 0 Å². The highest BCUT2D eigenvalue weighted by atomic mass is 19.2. The Balaban J connectivity index is 1.63. The highest BCUT2D eigenvalue weighted by Gasteiger charge is 2.22. The van der Waals surface area contributed by atoms with Gasteiger partial charge >= 0.3 is 0 Å². The maximum atomic E-state index is 13.3. The smallest absolute Gasteiger partial charge is 0.159 e. The Morgan fingerprint density at radius 2 is 1.65 bits per heavy atom. The molecule has 0 heterocycles. The molecule has 0 N–H and O–H groups in total. The standard InChI is InChI=1S/C20H27F3/c21-14-6-4-2-1-3-5-7-16-8-10-17(11-9-16)18-12-13-19(22)20(23)15-18/h6,12-17H,1-5,7-11H2/b14-6+. The lowest BCUT2D eigenvalue weighted by Crippen LogP contribution is -2.13. The molecule has 1 saturated carbocycles. The molecule has 0 saturated heterocycles. The van der Waals surface area contributed by atoms with Gasteiger partial charge in [0.05, 0.1) is 6.33 Å². The van der Waals surface area contributed by atoms with E-state index in [1.807, 2.05) is 0 Å². The van der Waals surface area contributed by atoms with E-state index in [9.17, 15) is 13.2 Å². The van der Waals surface area contributed by atoms with E-state index < -0.39 is 11.6 Å². The Bertz CT molecular complexity index is 488. The van der Waals surface area contributed by atoms with Crippen LogP contribution in [0.4, 0.5) is 13.2 Å². The van der Waals surface area contributed by atoms with Crippen LogP contribution in [0.2, 0.25) is 0 Å². The average Bonchev–Trinajstić information content (AvgIpc) is 2.57. The van der Waals surface area contributed by atoms with Gasteiger partial charge in [0.1, 0.15) is 0 Å². The van der Waals surface area contributed by atoms with Crippen molar-refractivity contribution in [3.05, 3.63) is 47.8 Å². The van der Waals surface area contributed by atoms with Crippen LogP contribution < -0.4 is 0 Å². The summed E-state index contributed by atoms with van der Waals surface area (Å²) in [5.41, 5.74) is 0.947. The summed E-state index contributed by atoms with van der Waals surface area (Å²) in [6, 6.07) is 4.34. The molecule has 1 aliphatic carbocycles. The first-order valence-corrected chi connectivity index (χ1v) is 8.91. The molecule has 0 atom stereocenters. The van der Waals surface area contributed by atoms with Crippen LogP contribution in [0.3, 0.4) is 0 Å². The topological polar surface area (TPSA) is 0 Å². The summed E-state index contributed by atoms with van der Waals surface area (Å²) in [5.74, 6) is -0.326. The maximum absolute atomic E-state index is 13.3. The average molecular weight is 324 g/mol. The fraction of sp³-hybridized carbons (Fsp3) is 0.600. The molecule has 0 amide bonds. The minimum atomic E-state index is -0.760. The molecule has 23 heavy (non-hydrogen) atoms. The van der Waals surface area contributed by atoms with Crippen molar-refractivity contribution in [3.63, 3.8) is 0 Å². The largest absolute Gasteiger partial charge is 0.216 e. The van der Waals surface area contributed by atoms with Gasteiger partial charge in [-0.25, -0.2) is 13.2 Å². The van der Waals surface area contributed by atoms with E-state index in [-0.39, 0.29) is 0 Å². The molecule has 0 bridgehead atoms. The van der Waals surface area contributed by atoms with Crippen molar-refractivity contribution in [2.75, 3.05) is 0 Å². The van der Waals surface area contributed by atoms with Gasteiger partial charge in [-0.15, -0.1) is 0 Å². The van der Waals surface area contributed by atoms with Crippen LogP contribution in [0.15, 0.2) is 30.6 Å². The van der Waals surface area contributed by atoms with Gasteiger partial charge in [-0.1, -0.05) is 37.8 Å². The third kappa shape index (κ3) is 6.04. The quantitative estimate of drug-likeness (QED) is 0.449. The zero-order valence-electron chi connectivity index (χ0n) is 13.7. The van der Waals surface area contributed by atoms with E-state index in [0.717, 1.165) is 37.2 Å². The third-order valence-corrected chi connectivity index (χ3v) is 5.08. The third-order valence-electron chi connectivity index (χ3n) is 5.08. The Hall–Kier alpha value is -1.25. The van der Waals surface area contributed by atoms with E-state index in [2.05, 4.69) is 0 Å². The molecule has 2 rings (SSSR count). The van der Waals surface area contributed by atoms with Crippen molar-refractivity contribution >= 4 is 0 Å². The number of unbranched alkanes of at least 4 members (excludes halogenated alkanes) is 4. The Morgan fingerprint density at radius 1 is 0.913 bits per heavy atom. The summed E-state index contributed by atoms with van der Waals surface area (Å²) in [5, 5.41) is 0. The Labute approximate surface area is 137 Å². The van der Waals surface area contributed by atoms with Crippen molar-refractivity contribution in [2.45, 2.75) is 70.1 Å². The molecule has 3 heteroatoms. The summed E-state index contributed by atoms with van der Waals surface area (Å²) in [7, 11) is 0. The molecule has 1 aromatic carbocycles. The van der Waals surface area contributed by atoms with Crippen LogP contribution in [-0.2, 0) is 0 Å². The van der Waals surface area contributed by atoms with Gasteiger partial charge in [0, 0.05) is 0 Å². The zero-order chi connectivity index (χ0) is 16.5. The molecular weight excluding hydrogens is 297 g/mol. The molecule has 1 fully saturated rings. The Morgan fingerprint density at radius 3 is 2.35 bits per heavy atom. The molecule has 1 aromatic rings. The minimum absolute atomic E-state index is 0.383. The van der Waals surface area contributed by atoms with E-state index in [4.69, 9.17) is 0 Å². The SMILES string of the molecule is F/C=C/CCCCCCC1CCC(c2ccc(F)c(F)c2)CC1. The van der Waals surface area contributed by atoms with Gasteiger partial charge in [-0.05, 0) is 68.1 Å². The van der Waals surface area contributed by atoms with Gasteiger partial charge in [0.2, 0.25) is 0 Å². The monoisotopic (exact) mass is 324 g/mol. The summed E-state index contributed by atoms with van der Waals surface area (Å²) < 4.78 is 38.1. The second-order valence-corrected chi connectivity index (χ2v) is 6.74. The van der Waals surface area contributed by atoms with Crippen LogP contribution in [0.1, 0.15) is 75.7 Å². The van der Waals surface area contributed by atoms with E-state index >= 15 is 0 Å². The summed E-state index contributed by atoms with van der Waals surface area (Å²) in [6.45, 7) is 0. The second kappa shape index (κ2) is 9.79. The lowest BCUT2D eigenvalue weighted by molar-refractivity contribution is 0.301. The van der Waals surface area contributed by atoms with Crippen molar-refractivity contribution < 1.29 is 13.2 Å². The number of hydrogen-bond acceptors (Lipinski definition) is 0. The molecular formula is C20H27F3. The van der Waals surface area contributed by atoms with Gasteiger partial charge < -0.3 is 0 Å². The van der Waals surface area contributed by atoms with Crippen LogP contribution >= 0.6 is 0 Å². The number of benzene rings is 1. The van der Waals surface area contributed by atoms with E-state index in [1.165, 1.54) is 50.7 Å². The van der Waals surface area contributed by atoms with E-state index in [0.29, 0.717) is 12.2 Å². The summed E-state index contributed by atoms with van der Waals surface area (Å²) in [4.78, 5) is 0. The van der Waals surface area contributed by atoms with Crippen molar-refractivity contribution in [1.82, 2.24) is 0 Å². The molecule has 0 aromatic heterocycles. The van der Waals surface area contributed by atoms with Gasteiger partial charge in [-0.3, -0.25) is 0 Å². The minimum Gasteiger partial charge on any atom is -0.216 e. The molecule has 0 nitrogen and oxygen atoms in total. The summed E-state index contributed by atoms with van der Waals surface area (Å²) in [6.07, 6.45) is 13.6.